The Kier molecular flexibility index (Phi) is 4.62. The standard InChI is InChI=1S/C15H17ClN2/c16-15-4-2-1-3-13(15)11-18-10-9-12-5-7-14(17)8-6-12/h1-8,18H,9-11,17H2. The van der Waals surface area contributed by atoms with Gasteiger partial charge in [-0.1, -0.05) is 41.9 Å². The Labute approximate surface area is 113 Å². The lowest BCUT2D eigenvalue weighted by molar-refractivity contribution is 0.687. The van der Waals surface area contributed by atoms with Crippen LogP contribution in [0, 0.1) is 0 Å². The highest BCUT2D eigenvalue weighted by Crippen LogP contribution is 2.14. The van der Waals surface area contributed by atoms with Crippen molar-refractivity contribution in [1.29, 1.82) is 0 Å². The average Bonchev–Trinajstić information content (AvgIpc) is 2.39. The Hall–Kier alpha value is -1.51. The molecule has 0 radical (unpaired) electrons. The highest BCUT2D eigenvalue weighted by atomic mass is 35.5. The first-order valence-corrected chi connectivity index (χ1v) is 6.42. The molecule has 18 heavy (non-hydrogen) atoms. The molecule has 2 nitrogen and oxygen atoms in total. The summed E-state index contributed by atoms with van der Waals surface area (Å²) in [4.78, 5) is 0. The maximum atomic E-state index is 6.08. The van der Waals surface area contributed by atoms with Crippen molar-refractivity contribution < 1.29 is 0 Å². The zero-order valence-corrected chi connectivity index (χ0v) is 11.0. The molecule has 0 atom stereocenters. The maximum Gasteiger partial charge on any atom is 0.0450 e. The molecule has 2 rings (SSSR count). The van der Waals surface area contributed by atoms with Gasteiger partial charge in [-0.2, -0.15) is 0 Å². The molecule has 2 aromatic carbocycles. The summed E-state index contributed by atoms with van der Waals surface area (Å²) < 4.78 is 0. The maximum absolute atomic E-state index is 6.08. The second-order valence-corrected chi connectivity index (χ2v) is 4.67. The lowest BCUT2D eigenvalue weighted by Crippen LogP contribution is -2.16. The lowest BCUT2D eigenvalue weighted by atomic mass is 10.1. The first-order valence-electron chi connectivity index (χ1n) is 6.04. The zero-order valence-electron chi connectivity index (χ0n) is 10.2. The normalized spacial score (nSPS) is 10.5. The molecule has 0 saturated heterocycles. The van der Waals surface area contributed by atoms with E-state index in [9.17, 15) is 0 Å². The number of benzene rings is 2. The van der Waals surface area contributed by atoms with Gasteiger partial charge in [-0.25, -0.2) is 0 Å². The van der Waals surface area contributed by atoms with E-state index in [1.807, 2.05) is 36.4 Å². The third kappa shape index (κ3) is 3.76. The summed E-state index contributed by atoms with van der Waals surface area (Å²) in [5.41, 5.74) is 8.88. The number of nitrogen functional groups attached to an aromatic ring is 1. The molecule has 94 valence electrons. The minimum absolute atomic E-state index is 0.800. The highest BCUT2D eigenvalue weighted by Gasteiger charge is 1.98. The molecule has 3 N–H and O–H groups in total. The summed E-state index contributed by atoms with van der Waals surface area (Å²) in [5, 5.41) is 4.21. The second-order valence-electron chi connectivity index (χ2n) is 4.26. The number of nitrogens with two attached hydrogens (primary N) is 1. The Balaban J connectivity index is 1.76. The van der Waals surface area contributed by atoms with Crippen molar-refractivity contribution in [3.8, 4) is 0 Å². The van der Waals surface area contributed by atoms with Gasteiger partial charge in [0, 0.05) is 17.3 Å². The van der Waals surface area contributed by atoms with Gasteiger partial charge in [0.15, 0.2) is 0 Å². The third-order valence-corrected chi connectivity index (χ3v) is 3.21. The largest absolute Gasteiger partial charge is 0.399 e. The van der Waals surface area contributed by atoms with Crippen LogP contribution in [-0.2, 0) is 13.0 Å². The van der Waals surface area contributed by atoms with Crippen LogP contribution in [0.4, 0.5) is 5.69 Å². The van der Waals surface area contributed by atoms with Crippen LogP contribution >= 0.6 is 11.6 Å². The molecule has 0 unspecified atom stereocenters. The summed E-state index contributed by atoms with van der Waals surface area (Å²) in [6.45, 7) is 1.73. The molecule has 0 bridgehead atoms. The van der Waals surface area contributed by atoms with Gasteiger partial charge in [0.05, 0.1) is 0 Å². The van der Waals surface area contributed by atoms with Crippen LogP contribution < -0.4 is 11.1 Å². The third-order valence-electron chi connectivity index (χ3n) is 2.84. The summed E-state index contributed by atoms with van der Waals surface area (Å²) in [6, 6.07) is 15.9. The van der Waals surface area contributed by atoms with Crippen LogP contribution in [0.15, 0.2) is 48.5 Å². The van der Waals surface area contributed by atoms with Gasteiger partial charge < -0.3 is 11.1 Å². The Morgan fingerprint density at radius 3 is 2.44 bits per heavy atom. The van der Waals surface area contributed by atoms with E-state index in [0.29, 0.717) is 0 Å². The van der Waals surface area contributed by atoms with Crippen molar-refractivity contribution in [2.75, 3.05) is 12.3 Å². The predicted octanol–water partition coefficient (Wildman–Crippen LogP) is 3.25. The minimum atomic E-state index is 0.800. The van der Waals surface area contributed by atoms with Crippen molar-refractivity contribution in [2.45, 2.75) is 13.0 Å². The SMILES string of the molecule is Nc1ccc(CCNCc2ccccc2Cl)cc1. The van der Waals surface area contributed by atoms with Crippen molar-refractivity contribution in [2.24, 2.45) is 0 Å². The van der Waals surface area contributed by atoms with Gasteiger partial charge >= 0.3 is 0 Å². The number of nitrogens with one attached hydrogen (secondary N) is 1. The van der Waals surface area contributed by atoms with E-state index in [0.717, 1.165) is 35.8 Å². The number of hydrogen-bond donors (Lipinski definition) is 2. The van der Waals surface area contributed by atoms with E-state index in [4.69, 9.17) is 17.3 Å². The highest BCUT2D eigenvalue weighted by molar-refractivity contribution is 6.31. The zero-order chi connectivity index (χ0) is 12.8. The molecular formula is C15H17ClN2. The van der Waals surface area contributed by atoms with E-state index in [1.165, 1.54) is 5.56 Å². The topological polar surface area (TPSA) is 38.0 Å². The monoisotopic (exact) mass is 260 g/mol. The summed E-state index contributed by atoms with van der Waals surface area (Å²) in [5.74, 6) is 0. The number of halogens is 1. The van der Waals surface area contributed by atoms with E-state index in [1.54, 1.807) is 0 Å². The lowest BCUT2D eigenvalue weighted by Gasteiger charge is -2.07. The first kappa shape index (κ1) is 12.9. The van der Waals surface area contributed by atoms with Crippen LogP contribution in [0.3, 0.4) is 0 Å². The van der Waals surface area contributed by atoms with E-state index >= 15 is 0 Å². The fourth-order valence-electron chi connectivity index (χ4n) is 1.78. The average molecular weight is 261 g/mol. The molecule has 0 aliphatic heterocycles. The van der Waals surface area contributed by atoms with Crippen molar-refractivity contribution in [1.82, 2.24) is 5.32 Å². The van der Waals surface area contributed by atoms with Crippen LogP contribution in [0.25, 0.3) is 0 Å². The number of hydrogen-bond acceptors (Lipinski definition) is 2. The smallest absolute Gasteiger partial charge is 0.0450 e. The van der Waals surface area contributed by atoms with Crippen LogP contribution in [0.2, 0.25) is 5.02 Å². The molecule has 0 aliphatic rings. The van der Waals surface area contributed by atoms with Crippen LogP contribution in [-0.4, -0.2) is 6.54 Å². The molecule has 0 aliphatic carbocycles. The summed E-state index contributed by atoms with van der Waals surface area (Å²) >= 11 is 6.08. The molecular weight excluding hydrogens is 244 g/mol. The molecule has 3 heteroatoms. The predicted molar refractivity (Wildman–Crippen MR) is 77.7 cm³/mol. The summed E-state index contributed by atoms with van der Waals surface area (Å²) in [7, 11) is 0. The van der Waals surface area contributed by atoms with Crippen LogP contribution in [0.5, 0.6) is 0 Å². The first-order chi connectivity index (χ1) is 8.75. The minimum Gasteiger partial charge on any atom is -0.399 e. The molecule has 0 heterocycles. The molecule has 0 amide bonds. The number of anilines is 1. The van der Waals surface area contributed by atoms with Crippen molar-refractivity contribution in [3.63, 3.8) is 0 Å². The fourth-order valence-corrected chi connectivity index (χ4v) is 1.98. The molecule has 0 aromatic heterocycles. The van der Waals surface area contributed by atoms with E-state index in [-0.39, 0.29) is 0 Å². The van der Waals surface area contributed by atoms with Gasteiger partial charge in [-0.15, -0.1) is 0 Å². The molecule has 0 fully saturated rings. The van der Waals surface area contributed by atoms with Crippen molar-refractivity contribution in [3.05, 3.63) is 64.7 Å². The Bertz CT molecular complexity index is 494. The van der Waals surface area contributed by atoms with Crippen LogP contribution in [0.1, 0.15) is 11.1 Å². The quantitative estimate of drug-likeness (QED) is 0.640. The molecule has 0 saturated carbocycles. The second kappa shape index (κ2) is 6.43. The van der Waals surface area contributed by atoms with Gasteiger partial charge in [0.2, 0.25) is 0 Å². The van der Waals surface area contributed by atoms with Gasteiger partial charge in [-0.05, 0) is 42.3 Å². The van der Waals surface area contributed by atoms with Crippen molar-refractivity contribution >= 4 is 17.3 Å². The van der Waals surface area contributed by atoms with E-state index < -0.39 is 0 Å². The van der Waals surface area contributed by atoms with E-state index in [2.05, 4.69) is 17.4 Å². The Morgan fingerprint density at radius 1 is 1.00 bits per heavy atom. The van der Waals surface area contributed by atoms with Gasteiger partial charge in [0.1, 0.15) is 0 Å². The molecule has 2 aromatic rings. The Morgan fingerprint density at radius 2 is 1.72 bits per heavy atom. The summed E-state index contributed by atoms with van der Waals surface area (Å²) in [6.07, 6.45) is 0.991. The molecule has 0 spiro atoms. The van der Waals surface area contributed by atoms with Gasteiger partial charge in [0.25, 0.3) is 0 Å². The van der Waals surface area contributed by atoms with Gasteiger partial charge in [-0.3, -0.25) is 0 Å². The fraction of sp³-hybridized carbons (Fsp3) is 0.200. The number of rotatable bonds is 5.